The standard InChI is InChI=1S/C8H11N5S/c9-7-11-8(13-12-7)10-3-1-6-2-4-14-5-6/h2,4-5H,1,3H2,(H4,9,10,11,12,13). The Balaban J connectivity index is 1.78. The van der Waals surface area contributed by atoms with Crippen molar-refractivity contribution in [2.45, 2.75) is 6.42 Å². The van der Waals surface area contributed by atoms with E-state index in [1.807, 2.05) is 0 Å². The molecule has 0 saturated heterocycles. The number of rotatable bonds is 4. The third-order valence-corrected chi connectivity index (χ3v) is 2.51. The van der Waals surface area contributed by atoms with E-state index >= 15 is 0 Å². The molecular weight excluding hydrogens is 198 g/mol. The van der Waals surface area contributed by atoms with Gasteiger partial charge in [-0.15, -0.1) is 5.10 Å². The summed E-state index contributed by atoms with van der Waals surface area (Å²) in [6.07, 6.45) is 0.970. The van der Waals surface area contributed by atoms with Gasteiger partial charge in [-0.25, -0.2) is 5.10 Å². The van der Waals surface area contributed by atoms with E-state index in [1.54, 1.807) is 11.3 Å². The van der Waals surface area contributed by atoms with Gasteiger partial charge in [0.25, 0.3) is 0 Å². The molecule has 6 heteroatoms. The topological polar surface area (TPSA) is 79.6 Å². The third-order valence-electron chi connectivity index (χ3n) is 1.78. The van der Waals surface area contributed by atoms with Crippen LogP contribution in [0.1, 0.15) is 5.56 Å². The number of nitrogens with zero attached hydrogens (tertiary/aromatic N) is 2. The summed E-state index contributed by atoms with van der Waals surface area (Å²) in [5, 5.41) is 13.7. The van der Waals surface area contributed by atoms with Crippen LogP contribution in [0.3, 0.4) is 0 Å². The van der Waals surface area contributed by atoms with Crippen LogP contribution in [-0.4, -0.2) is 21.7 Å². The Morgan fingerprint density at radius 3 is 3.14 bits per heavy atom. The lowest BCUT2D eigenvalue weighted by atomic mass is 10.2. The van der Waals surface area contributed by atoms with E-state index < -0.39 is 0 Å². The van der Waals surface area contributed by atoms with Gasteiger partial charge in [0.1, 0.15) is 0 Å². The Morgan fingerprint density at radius 1 is 1.57 bits per heavy atom. The molecule has 0 aliphatic rings. The lowest BCUT2D eigenvalue weighted by Crippen LogP contribution is -2.05. The minimum atomic E-state index is 0.336. The molecule has 74 valence electrons. The number of H-pyrrole nitrogens is 1. The molecule has 0 aliphatic carbocycles. The predicted molar refractivity (Wildman–Crippen MR) is 57.3 cm³/mol. The highest BCUT2D eigenvalue weighted by molar-refractivity contribution is 7.07. The zero-order valence-electron chi connectivity index (χ0n) is 7.53. The average molecular weight is 209 g/mol. The number of nitrogens with two attached hydrogens (primary N) is 1. The van der Waals surface area contributed by atoms with E-state index in [0.717, 1.165) is 13.0 Å². The molecule has 0 aliphatic heterocycles. The maximum absolute atomic E-state index is 5.38. The monoisotopic (exact) mass is 209 g/mol. The van der Waals surface area contributed by atoms with Gasteiger partial charge in [-0.05, 0) is 28.8 Å². The van der Waals surface area contributed by atoms with Gasteiger partial charge in [0.05, 0.1) is 0 Å². The molecule has 2 rings (SSSR count). The summed E-state index contributed by atoms with van der Waals surface area (Å²) in [7, 11) is 0. The Bertz CT molecular complexity index is 380. The smallest absolute Gasteiger partial charge is 0.243 e. The highest BCUT2D eigenvalue weighted by Gasteiger charge is 1.98. The van der Waals surface area contributed by atoms with E-state index in [0.29, 0.717) is 11.9 Å². The van der Waals surface area contributed by atoms with Gasteiger partial charge in [0.2, 0.25) is 11.9 Å². The number of aromatic nitrogens is 3. The molecule has 5 nitrogen and oxygen atoms in total. The number of nitrogen functional groups attached to an aromatic ring is 1. The summed E-state index contributed by atoms with van der Waals surface area (Å²) in [5.41, 5.74) is 6.70. The number of hydrogen-bond donors (Lipinski definition) is 3. The van der Waals surface area contributed by atoms with Crippen LogP contribution in [0.4, 0.5) is 11.9 Å². The average Bonchev–Trinajstić information content (AvgIpc) is 2.77. The van der Waals surface area contributed by atoms with Crippen molar-refractivity contribution >= 4 is 23.2 Å². The van der Waals surface area contributed by atoms with Crippen LogP contribution in [0.15, 0.2) is 16.8 Å². The first-order valence-corrected chi connectivity index (χ1v) is 5.22. The Kier molecular flexibility index (Phi) is 2.64. The van der Waals surface area contributed by atoms with Gasteiger partial charge in [0, 0.05) is 6.54 Å². The molecule has 0 radical (unpaired) electrons. The largest absolute Gasteiger partial charge is 0.368 e. The zero-order chi connectivity index (χ0) is 9.80. The van der Waals surface area contributed by atoms with Crippen molar-refractivity contribution in [3.05, 3.63) is 22.4 Å². The van der Waals surface area contributed by atoms with Gasteiger partial charge in [-0.3, -0.25) is 0 Å². The molecular formula is C8H11N5S. The van der Waals surface area contributed by atoms with Crippen LogP contribution in [0.25, 0.3) is 0 Å². The molecule has 2 aromatic rings. The molecule has 0 atom stereocenters. The number of aromatic amines is 1. The maximum atomic E-state index is 5.38. The van der Waals surface area contributed by atoms with E-state index in [4.69, 9.17) is 5.73 Å². The van der Waals surface area contributed by atoms with Crippen molar-refractivity contribution in [2.24, 2.45) is 0 Å². The zero-order valence-corrected chi connectivity index (χ0v) is 8.34. The Morgan fingerprint density at radius 2 is 2.50 bits per heavy atom. The second-order valence-corrected chi connectivity index (χ2v) is 3.63. The van der Waals surface area contributed by atoms with Gasteiger partial charge in [-0.1, -0.05) is 0 Å². The van der Waals surface area contributed by atoms with E-state index in [-0.39, 0.29) is 0 Å². The molecule has 0 spiro atoms. The SMILES string of the molecule is Nc1nc(NCCc2ccsc2)n[nH]1. The maximum Gasteiger partial charge on any atom is 0.243 e. The predicted octanol–water partition coefficient (Wildman–Crippen LogP) is 1.10. The first kappa shape index (κ1) is 9.01. The molecule has 0 fully saturated rings. The molecule has 0 unspecified atom stereocenters. The number of hydrogen-bond acceptors (Lipinski definition) is 5. The van der Waals surface area contributed by atoms with E-state index in [2.05, 4.69) is 37.3 Å². The number of anilines is 2. The molecule has 4 N–H and O–H groups in total. The van der Waals surface area contributed by atoms with Crippen molar-refractivity contribution in [3.63, 3.8) is 0 Å². The molecule has 0 amide bonds. The van der Waals surface area contributed by atoms with Crippen molar-refractivity contribution < 1.29 is 0 Å². The van der Waals surface area contributed by atoms with Crippen molar-refractivity contribution in [3.8, 4) is 0 Å². The van der Waals surface area contributed by atoms with Crippen molar-refractivity contribution in [1.29, 1.82) is 0 Å². The molecule has 0 bridgehead atoms. The Labute approximate surface area is 85.4 Å². The third kappa shape index (κ3) is 2.23. The first-order valence-electron chi connectivity index (χ1n) is 4.27. The summed E-state index contributed by atoms with van der Waals surface area (Å²) in [5.74, 6) is 0.890. The van der Waals surface area contributed by atoms with Crippen LogP contribution in [0, 0.1) is 0 Å². The summed E-state index contributed by atoms with van der Waals surface area (Å²) in [4.78, 5) is 3.93. The second kappa shape index (κ2) is 4.10. The normalized spacial score (nSPS) is 10.3. The van der Waals surface area contributed by atoms with Crippen LogP contribution in [0.5, 0.6) is 0 Å². The van der Waals surface area contributed by atoms with Crippen LogP contribution in [0.2, 0.25) is 0 Å². The lowest BCUT2D eigenvalue weighted by molar-refractivity contribution is 0.989. The van der Waals surface area contributed by atoms with E-state index in [1.165, 1.54) is 5.56 Å². The van der Waals surface area contributed by atoms with Crippen molar-refractivity contribution in [2.75, 3.05) is 17.6 Å². The quantitative estimate of drug-likeness (QED) is 0.704. The summed E-state index contributed by atoms with van der Waals surface area (Å²) < 4.78 is 0. The highest BCUT2D eigenvalue weighted by Crippen LogP contribution is 2.06. The van der Waals surface area contributed by atoms with Gasteiger partial charge in [0.15, 0.2) is 0 Å². The first-order chi connectivity index (χ1) is 6.84. The molecule has 2 aromatic heterocycles. The van der Waals surface area contributed by atoms with Gasteiger partial charge < -0.3 is 11.1 Å². The summed E-state index contributed by atoms with van der Waals surface area (Å²) in [6, 6.07) is 2.11. The second-order valence-electron chi connectivity index (χ2n) is 2.85. The Hall–Kier alpha value is -1.56. The summed E-state index contributed by atoms with van der Waals surface area (Å²) >= 11 is 1.70. The molecule has 0 saturated carbocycles. The van der Waals surface area contributed by atoms with Crippen LogP contribution < -0.4 is 11.1 Å². The fourth-order valence-corrected chi connectivity index (χ4v) is 1.81. The highest BCUT2D eigenvalue weighted by atomic mass is 32.1. The van der Waals surface area contributed by atoms with Crippen LogP contribution >= 0.6 is 11.3 Å². The van der Waals surface area contributed by atoms with Gasteiger partial charge in [-0.2, -0.15) is 16.3 Å². The van der Waals surface area contributed by atoms with E-state index in [9.17, 15) is 0 Å². The molecule has 14 heavy (non-hydrogen) atoms. The number of nitrogens with one attached hydrogen (secondary N) is 2. The minimum Gasteiger partial charge on any atom is -0.368 e. The lowest BCUT2D eigenvalue weighted by Gasteiger charge is -1.98. The van der Waals surface area contributed by atoms with Gasteiger partial charge >= 0.3 is 0 Å². The molecule has 0 aromatic carbocycles. The summed E-state index contributed by atoms with van der Waals surface area (Å²) in [6.45, 7) is 0.814. The molecule has 2 heterocycles. The fraction of sp³-hybridized carbons (Fsp3) is 0.250. The van der Waals surface area contributed by atoms with Crippen LogP contribution in [-0.2, 0) is 6.42 Å². The minimum absolute atomic E-state index is 0.336. The number of thiophene rings is 1. The fourth-order valence-electron chi connectivity index (χ4n) is 1.11. The van der Waals surface area contributed by atoms with Crippen molar-refractivity contribution in [1.82, 2.24) is 15.2 Å².